The third-order valence-corrected chi connectivity index (χ3v) is 3.34. The minimum atomic E-state index is -4.72. The van der Waals surface area contributed by atoms with Gasteiger partial charge in [0.2, 0.25) is 0 Å². The van der Waals surface area contributed by atoms with Gasteiger partial charge in [-0.05, 0) is 29.7 Å². The van der Waals surface area contributed by atoms with Gasteiger partial charge in [-0.1, -0.05) is 37.3 Å². The summed E-state index contributed by atoms with van der Waals surface area (Å²) in [6.07, 6.45) is -4.07. The SMILES string of the molecule is CCc1cccc([C@@H](N)c2ccc(OC(F)(F)F)cc2)c1O. The van der Waals surface area contributed by atoms with Gasteiger partial charge in [0.1, 0.15) is 11.5 Å². The summed E-state index contributed by atoms with van der Waals surface area (Å²) in [6, 6.07) is 9.94. The summed E-state index contributed by atoms with van der Waals surface area (Å²) in [7, 11) is 0. The topological polar surface area (TPSA) is 55.5 Å². The molecular formula is C16H16F3NO2. The molecule has 0 aliphatic heterocycles. The lowest BCUT2D eigenvalue weighted by Gasteiger charge is -2.16. The van der Waals surface area contributed by atoms with E-state index in [1.54, 1.807) is 18.2 Å². The van der Waals surface area contributed by atoms with E-state index < -0.39 is 12.4 Å². The zero-order chi connectivity index (χ0) is 16.3. The highest BCUT2D eigenvalue weighted by Crippen LogP contribution is 2.32. The normalized spacial score (nSPS) is 13.0. The number of aryl methyl sites for hydroxylation is 1. The Hall–Kier alpha value is -2.21. The van der Waals surface area contributed by atoms with Crippen molar-refractivity contribution >= 4 is 0 Å². The molecule has 0 aliphatic carbocycles. The smallest absolute Gasteiger partial charge is 0.507 e. The van der Waals surface area contributed by atoms with E-state index in [1.165, 1.54) is 24.3 Å². The van der Waals surface area contributed by atoms with Crippen molar-refractivity contribution in [2.45, 2.75) is 25.7 Å². The second-order valence-corrected chi connectivity index (χ2v) is 4.80. The van der Waals surface area contributed by atoms with E-state index in [2.05, 4.69) is 4.74 Å². The third-order valence-electron chi connectivity index (χ3n) is 3.34. The molecule has 3 N–H and O–H groups in total. The Balaban J connectivity index is 2.25. The van der Waals surface area contributed by atoms with Crippen LogP contribution in [0, 0.1) is 0 Å². The standard InChI is InChI=1S/C16H16F3NO2/c1-2-10-4-3-5-13(15(10)21)14(20)11-6-8-12(9-7-11)22-16(17,18)19/h3-9,14,21H,2,20H2,1H3/t14-/m0/s1. The highest BCUT2D eigenvalue weighted by molar-refractivity contribution is 5.46. The number of rotatable bonds is 4. The summed E-state index contributed by atoms with van der Waals surface area (Å²) in [5.41, 5.74) is 7.98. The number of para-hydroxylation sites is 1. The maximum absolute atomic E-state index is 12.1. The molecule has 0 saturated carbocycles. The first-order valence-electron chi connectivity index (χ1n) is 6.74. The molecule has 3 nitrogen and oxygen atoms in total. The predicted molar refractivity (Wildman–Crippen MR) is 76.6 cm³/mol. The molecule has 0 aromatic heterocycles. The molecule has 0 saturated heterocycles. The van der Waals surface area contributed by atoms with Crippen LogP contribution in [0.25, 0.3) is 0 Å². The van der Waals surface area contributed by atoms with Crippen molar-refractivity contribution in [3.63, 3.8) is 0 Å². The number of ether oxygens (including phenoxy) is 1. The molecule has 2 rings (SSSR count). The Bertz CT molecular complexity index is 639. The average molecular weight is 311 g/mol. The number of hydrogen-bond acceptors (Lipinski definition) is 3. The van der Waals surface area contributed by atoms with Crippen LogP contribution in [0.4, 0.5) is 13.2 Å². The highest BCUT2D eigenvalue weighted by Gasteiger charge is 2.31. The van der Waals surface area contributed by atoms with Crippen LogP contribution in [-0.4, -0.2) is 11.5 Å². The minimum Gasteiger partial charge on any atom is -0.507 e. The van der Waals surface area contributed by atoms with Crippen molar-refractivity contribution in [3.8, 4) is 11.5 Å². The first-order chi connectivity index (χ1) is 10.3. The van der Waals surface area contributed by atoms with Crippen molar-refractivity contribution in [2.24, 2.45) is 5.73 Å². The number of phenolic OH excluding ortho intramolecular Hbond substituents is 1. The van der Waals surface area contributed by atoms with Crippen LogP contribution in [0.15, 0.2) is 42.5 Å². The maximum atomic E-state index is 12.1. The summed E-state index contributed by atoms with van der Waals surface area (Å²) in [6.45, 7) is 1.91. The van der Waals surface area contributed by atoms with Crippen LogP contribution in [-0.2, 0) is 6.42 Å². The number of phenols is 1. The van der Waals surface area contributed by atoms with Gasteiger partial charge >= 0.3 is 6.36 Å². The van der Waals surface area contributed by atoms with Crippen LogP contribution in [0.2, 0.25) is 0 Å². The maximum Gasteiger partial charge on any atom is 0.573 e. The second-order valence-electron chi connectivity index (χ2n) is 4.80. The summed E-state index contributed by atoms with van der Waals surface area (Å²) < 4.78 is 40.2. The molecule has 1 atom stereocenters. The molecule has 22 heavy (non-hydrogen) atoms. The van der Waals surface area contributed by atoms with Gasteiger partial charge in [-0.15, -0.1) is 13.2 Å². The number of benzene rings is 2. The first kappa shape index (κ1) is 16.2. The van der Waals surface area contributed by atoms with Crippen molar-refractivity contribution in [1.29, 1.82) is 0 Å². The lowest BCUT2D eigenvalue weighted by atomic mass is 9.96. The van der Waals surface area contributed by atoms with E-state index in [9.17, 15) is 18.3 Å². The zero-order valence-corrected chi connectivity index (χ0v) is 11.9. The fourth-order valence-corrected chi connectivity index (χ4v) is 2.20. The van der Waals surface area contributed by atoms with Gasteiger partial charge in [-0.2, -0.15) is 0 Å². The minimum absolute atomic E-state index is 0.119. The van der Waals surface area contributed by atoms with E-state index >= 15 is 0 Å². The Kier molecular flexibility index (Phi) is 4.61. The van der Waals surface area contributed by atoms with E-state index in [-0.39, 0.29) is 11.5 Å². The molecule has 0 unspecified atom stereocenters. The molecule has 0 bridgehead atoms. The largest absolute Gasteiger partial charge is 0.573 e. The monoisotopic (exact) mass is 311 g/mol. The molecule has 0 heterocycles. The van der Waals surface area contributed by atoms with Gasteiger partial charge in [0.25, 0.3) is 0 Å². The number of alkyl halides is 3. The fraction of sp³-hybridized carbons (Fsp3) is 0.250. The Labute approximate surface area is 126 Å². The van der Waals surface area contributed by atoms with Crippen LogP contribution >= 0.6 is 0 Å². The molecule has 2 aromatic rings. The molecular weight excluding hydrogens is 295 g/mol. The number of aromatic hydroxyl groups is 1. The summed E-state index contributed by atoms with van der Waals surface area (Å²) >= 11 is 0. The van der Waals surface area contributed by atoms with Gasteiger partial charge in [0, 0.05) is 5.56 Å². The molecule has 0 amide bonds. The Morgan fingerprint density at radius 1 is 1.14 bits per heavy atom. The van der Waals surface area contributed by atoms with Crippen LogP contribution in [0.5, 0.6) is 11.5 Å². The second kappa shape index (κ2) is 6.27. The summed E-state index contributed by atoms with van der Waals surface area (Å²) in [5.74, 6) is -0.192. The van der Waals surface area contributed by atoms with Gasteiger partial charge in [0.15, 0.2) is 0 Å². The highest BCUT2D eigenvalue weighted by atomic mass is 19.4. The molecule has 0 radical (unpaired) electrons. The van der Waals surface area contributed by atoms with E-state index in [1.807, 2.05) is 6.92 Å². The van der Waals surface area contributed by atoms with E-state index in [4.69, 9.17) is 5.73 Å². The number of hydrogen-bond donors (Lipinski definition) is 2. The Morgan fingerprint density at radius 2 is 1.77 bits per heavy atom. The Morgan fingerprint density at radius 3 is 2.32 bits per heavy atom. The lowest BCUT2D eigenvalue weighted by Crippen LogP contribution is -2.17. The number of nitrogens with two attached hydrogens (primary N) is 1. The molecule has 0 fully saturated rings. The van der Waals surface area contributed by atoms with Gasteiger partial charge in [-0.25, -0.2) is 0 Å². The fourth-order valence-electron chi connectivity index (χ4n) is 2.20. The number of halogens is 3. The lowest BCUT2D eigenvalue weighted by molar-refractivity contribution is -0.274. The van der Waals surface area contributed by atoms with E-state index in [0.717, 1.165) is 5.56 Å². The molecule has 0 aliphatic rings. The van der Waals surface area contributed by atoms with Crippen LogP contribution in [0.3, 0.4) is 0 Å². The van der Waals surface area contributed by atoms with E-state index in [0.29, 0.717) is 17.5 Å². The van der Waals surface area contributed by atoms with Crippen molar-refractivity contribution < 1.29 is 23.0 Å². The summed E-state index contributed by atoms with van der Waals surface area (Å²) in [5, 5.41) is 10.2. The molecule has 6 heteroatoms. The molecule has 118 valence electrons. The summed E-state index contributed by atoms with van der Waals surface area (Å²) in [4.78, 5) is 0. The average Bonchev–Trinajstić information content (AvgIpc) is 2.46. The zero-order valence-electron chi connectivity index (χ0n) is 11.9. The molecule has 0 spiro atoms. The van der Waals surface area contributed by atoms with Gasteiger partial charge in [0.05, 0.1) is 6.04 Å². The van der Waals surface area contributed by atoms with Crippen molar-refractivity contribution in [3.05, 3.63) is 59.2 Å². The predicted octanol–water partition coefficient (Wildman–Crippen LogP) is 3.90. The van der Waals surface area contributed by atoms with Gasteiger partial charge in [-0.3, -0.25) is 0 Å². The van der Waals surface area contributed by atoms with Crippen LogP contribution in [0.1, 0.15) is 29.7 Å². The third kappa shape index (κ3) is 3.71. The quantitative estimate of drug-likeness (QED) is 0.900. The van der Waals surface area contributed by atoms with Gasteiger partial charge < -0.3 is 15.6 Å². The van der Waals surface area contributed by atoms with Crippen molar-refractivity contribution in [1.82, 2.24) is 0 Å². The first-order valence-corrected chi connectivity index (χ1v) is 6.74. The molecule has 2 aromatic carbocycles. The van der Waals surface area contributed by atoms with Crippen molar-refractivity contribution in [2.75, 3.05) is 0 Å². The van der Waals surface area contributed by atoms with Crippen LogP contribution < -0.4 is 10.5 Å².